The number of nitrogens with zero attached hydrogens (tertiary/aromatic N) is 1. The molecule has 0 aliphatic heterocycles. The van der Waals surface area contributed by atoms with Crippen LogP contribution in [0.25, 0.3) is 0 Å². The van der Waals surface area contributed by atoms with Crippen LogP contribution in [0.2, 0.25) is 0 Å². The Morgan fingerprint density at radius 1 is 1.53 bits per heavy atom. The maximum atomic E-state index is 11.6. The summed E-state index contributed by atoms with van der Waals surface area (Å²) in [5.74, 6) is 0. The molecule has 15 heavy (non-hydrogen) atoms. The highest BCUT2D eigenvalue weighted by molar-refractivity contribution is 9.10. The molecule has 1 aromatic rings. The summed E-state index contributed by atoms with van der Waals surface area (Å²) in [7, 11) is 1.68. The molecule has 0 saturated heterocycles. The Morgan fingerprint density at radius 2 is 2.20 bits per heavy atom. The van der Waals surface area contributed by atoms with E-state index in [0.29, 0.717) is 11.0 Å². The van der Waals surface area contributed by atoms with Gasteiger partial charge in [0.15, 0.2) is 0 Å². The fraction of sp³-hybridized carbons (Fsp3) is 0.545. The highest BCUT2D eigenvalue weighted by atomic mass is 79.9. The molecule has 0 saturated carbocycles. The van der Waals surface area contributed by atoms with Gasteiger partial charge < -0.3 is 9.30 Å². The fourth-order valence-corrected chi connectivity index (χ4v) is 1.56. The molecule has 0 N–H and O–H groups in total. The summed E-state index contributed by atoms with van der Waals surface area (Å²) in [6.07, 6.45) is 2.60. The van der Waals surface area contributed by atoms with Crippen molar-refractivity contribution in [1.29, 1.82) is 0 Å². The van der Waals surface area contributed by atoms with Crippen LogP contribution in [-0.4, -0.2) is 17.3 Å². The first-order chi connectivity index (χ1) is 6.96. The van der Waals surface area contributed by atoms with Crippen LogP contribution in [-0.2, 0) is 11.3 Å². The van der Waals surface area contributed by atoms with Gasteiger partial charge in [-0.25, -0.2) is 0 Å². The van der Waals surface area contributed by atoms with E-state index < -0.39 is 0 Å². The lowest BCUT2D eigenvalue weighted by molar-refractivity contribution is 0.0118. The zero-order valence-corrected chi connectivity index (χ0v) is 10.9. The van der Waals surface area contributed by atoms with Crippen molar-refractivity contribution in [2.45, 2.75) is 32.4 Å². The van der Waals surface area contributed by atoms with Crippen LogP contribution in [0.1, 0.15) is 20.3 Å². The van der Waals surface area contributed by atoms with E-state index in [4.69, 9.17) is 4.74 Å². The number of halogens is 1. The topological polar surface area (TPSA) is 31.2 Å². The van der Waals surface area contributed by atoms with Gasteiger partial charge >= 0.3 is 0 Å². The molecule has 84 valence electrons. The van der Waals surface area contributed by atoms with Gasteiger partial charge in [-0.15, -0.1) is 0 Å². The van der Waals surface area contributed by atoms with Crippen molar-refractivity contribution in [3.8, 4) is 0 Å². The smallest absolute Gasteiger partial charge is 0.264 e. The van der Waals surface area contributed by atoms with E-state index in [0.717, 1.165) is 6.42 Å². The molecule has 0 amide bonds. The first-order valence-electron chi connectivity index (χ1n) is 4.86. The number of aromatic nitrogens is 1. The number of rotatable bonds is 4. The summed E-state index contributed by atoms with van der Waals surface area (Å²) in [6, 6.07) is 3.60. The molecule has 1 aromatic heterocycles. The lowest BCUT2D eigenvalue weighted by Crippen LogP contribution is -2.28. The van der Waals surface area contributed by atoms with Crippen molar-refractivity contribution in [3.05, 3.63) is 33.2 Å². The second kappa shape index (κ2) is 4.94. The molecule has 0 unspecified atom stereocenters. The number of ether oxygens (including phenoxy) is 1. The van der Waals surface area contributed by atoms with Gasteiger partial charge in [0.1, 0.15) is 0 Å². The third-order valence-electron chi connectivity index (χ3n) is 2.48. The molecule has 1 heterocycles. The Morgan fingerprint density at radius 3 is 2.80 bits per heavy atom. The Kier molecular flexibility index (Phi) is 4.11. The van der Waals surface area contributed by atoms with E-state index in [1.165, 1.54) is 0 Å². The molecular weight excluding hydrogens is 258 g/mol. The molecule has 0 aliphatic rings. The predicted octanol–water partition coefficient (Wildman–Crippen LogP) is 2.43. The Labute approximate surface area is 98.2 Å². The van der Waals surface area contributed by atoms with E-state index in [1.54, 1.807) is 23.9 Å². The van der Waals surface area contributed by atoms with Crippen molar-refractivity contribution in [2.75, 3.05) is 7.11 Å². The third kappa shape index (κ3) is 3.47. The largest absolute Gasteiger partial charge is 0.379 e. The highest BCUT2D eigenvalue weighted by Gasteiger charge is 2.16. The SMILES string of the molecule is COC(C)(C)CCn1cccc(Br)c1=O. The van der Waals surface area contributed by atoms with E-state index >= 15 is 0 Å². The minimum absolute atomic E-state index is 0.00408. The summed E-state index contributed by atoms with van der Waals surface area (Å²) in [6.45, 7) is 4.69. The van der Waals surface area contributed by atoms with Crippen LogP contribution in [0.15, 0.2) is 27.6 Å². The molecule has 0 aromatic carbocycles. The minimum atomic E-state index is -0.193. The van der Waals surface area contributed by atoms with Gasteiger partial charge in [-0.2, -0.15) is 0 Å². The minimum Gasteiger partial charge on any atom is -0.379 e. The van der Waals surface area contributed by atoms with Gasteiger partial charge in [0.05, 0.1) is 10.1 Å². The normalized spacial score (nSPS) is 11.7. The van der Waals surface area contributed by atoms with Crippen molar-refractivity contribution in [1.82, 2.24) is 4.57 Å². The lowest BCUT2D eigenvalue weighted by Gasteiger charge is -2.23. The van der Waals surface area contributed by atoms with Crippen molar-refractivity contribution in [3.63, 3.8) is 0 Å². The van der Waals surface area contributed by atoms with Crippen molar-refractivity contribution < 1.29 is 4.74 Å². The second-order valence-electron chi connectivity index (χ2n) is 4.07. The van der Waals surface area contributed by atoms with E-state index in [-0.39, 0.29) is 11.2 Å². The summed E-state index contributed by atoms with van der Waals surface area (Å²) >= 11 is 3.22. The average molecular weight is 274 g/mol. The number of hydrogen-bond acceptors (Lipinski definition) is 2. The highest BCUT2D eigenvalue weighted by Crippen LogP contribution is 2.13. The van der Waals surface area contributed by atoms with E-state index in [9.17, 15) is 4.79 Å². The summed E-state index contributed by atoms with van der Waals surface area (Å²) in [4.78, 5) is 11.6. The molecule has 1 rings (SSSR count). The van der Waals surface area contributed by atoms with E-state index in [1.807, 2.05) is 19.9 Å². The van der Waals surface area contributed by atoms with Gasteiger partial charge in [0.25, 0.3) is 5.56 Å². The first-order valence-corrected chi connectivity index (χ1v) is 5.66. The van der Waals surface area contributed by atoms with E-state index in [2.05, 4.69) is 15.9 Å². The number of aryl methyl sites for hydroxylation is 1. The zero-order valence-electron chi connectivity index (χ0n) is 9.29. The van der Waals surface area contributed by atoms with Crippen LogP contribution in [0.3, 0.4) is 0 Å². The molecular formula is C11H16BrNO2. The molecule has 0 fully saturated rings. The Balaban J connectivity index is 2.75. The standard InChI is InChI=1S/C11H16BrNO2/c1-11(2,15-3)6-8-13-7-4-5-9(12)10(13)14/h4-5,7H,6,8H2,1-3H3. The molecule has 0 spiro atoms. The second-order valence-corrected chi connectivity index (χ2v) is 4.92. The monoisotopic (exact) mass is 273 g/mol. The van der Waals surface area contributed by atoms with Gasteiger partial charge in [0, 0.05) is 19.9 Å². The van der Waals surface area contributed by atoms with Crippen molar-refractivity contribution >= 4 is 15.9 Å². The molecule has 3 nitrogen and oxygen atoms in total. The lowest BCUT2D eigenvalue weighted by atomic mass is 10.1. The third-order valence-corrected chi connectivity index (χ3v) is 3.08. The van der Waals surface area contributed by atoms with Gasteiger partial charge in [0.2, 0.25) is 0 Å². The maximum Gasteiger partial charge on any atom is 0.264 e. The molecule has 4 heteroatoms. The zero-order chi connectivity index (χ0) is 11.5. The Hall–Kier alpha value is -0.610. The van der Waals surface area contributed by atoms with Crippen LogP contribution >= 0.6 is 15.9 Å². The number of hydrogen-bond donors (Lipinski definition) is 0. The molecule has 0 atom stereocenters. The van der Waals surface area contributed by atoms with Gasteiger partial charge in [-0.05, 0) is 48.3 Å². The van der Waals surface area contributed by atoms with Crippen LogP contribution < -0.4 is 5.56 Å². The number of pyridine rings is 1. The summed E-state index contributed by atoms with van der Waals surface area (Å²) in [5.41, 5.74) is -0.189. The maximum absolute atomic E-state index is 11.6. The molecule has 0 aliphatic carbocycles. The average Bonchev–Trinajstić information content (AvgIpc) is 2.20. The van der Waals surface area contributed by atoms with Gasteiger partial charge in [-0.3, -0.25) is 4.79 Å². The fourth-order valence-electron chi connectivity index (χ4n) is 1.18. The summed E-state index contributed by atoms with van der Waals surface area (Å²) < 4.78 is 7.59. The summed E-state index contributed by atoms with van der Waals surface area (Å²) in [5, 5.41) is 0. The quantitative estimate of drug-likeness (QED) is 0.844. The van der Waals surface area contributed by atoms with Crippen LogP contribution in [0.4, 0.5) is 0 Å². The van der Waals surface area contributed by atoms with Crippen molar-refractivity contribution in [2.24, 2.45) is 0 Å². The van der Waals surface area contributed by atoms with Crippen LogP contribution in [0.5, 0.6) is 0 Å². The number of methoxy groups -OCH3 is 1. The first kappa shape index (κ1) is 12.5. The molecule has 0 radical (unpaired) electrons. The van der Waals surface area contributed by atoms with Crippen LogP contribution in [0, 0.1) is 0 Å². The predicted molar refractivity (Wildman–Crippen MR) is 64.1 cm³/mol. The van der Waals surface area contributed by atoms with Gasteiger partial charge in [-0.1, -0.05) is 0 Å². The molecule has 0 bridgehead atoms. The Bertz CT molecular complexity index is 384.